The van der Waals surface area contributed by atoms with Gasteiger partial charge in [0.25, 0.3) is 0 Å². The number of rotatable bonds is 7. The fourth-order valence-electron chi connectivity index (χ4n) is 6.90. The predicted molar refractivity (Wildman–Crippen MR) is 151 cm³/mol. The minimum Gasteiger partial charge on any atom is -0.323 e. The molecule has 0 aliphatic heterocycles. The topological polar surface area (TPSA) is 17.1 Å². The van der Waals surface area contributed by atoms with Gasteiger partial charge < -0.3 is 4.57 Å². The van der Waals surface area contributed by atoms with Gasteiger partial charge in [-0.2, -0.15) is 0 Å². The van der Waals surface area contributed by atoms with Crippen LogP contribution in [0.2, 0.25) is 0 Å². The molecule has 5 rings (SSSR count). The molecule has 0 amide bonds. The summed E-state index contributed by atoms with van der Waals surface area (Å²) in [4.78, 5) is 0. The van der Waals surface area contributed by atoms with Crippen LogP contribution in [-0.2, 0) is 4.57 Å². The minimum atomic E-state index is -2.35. The first-order chi connectivity index (χ1) is 16.7. The van der Waals surface area contributed by atoms with Gasteiger partial charge in [-0.1, -0.05) is 124 Å². The van der Waals surface area contributed by atoms with Gasteiger partial charge in [0.1, 0.15) is 0 Å². The van der Waals surface area contributed by atoms with Crippen LogP contribution < -0.4 is 10.6 Å². The number of benzene rings is 2. The monoisotopic (exact) mass is 490 g/mol. The molecule has 2 fully saturated rings. The first-order valence-electron chi connectivity index (χ1n) is 13.6. The highest BCUT2D eigenvalue weighted by molar-refractivity contribution is 7.77. The van der Waals surface area contributed by atoms with E-state index in [1.807, 2.05) is 0 Å². The summed E-state index contributed by atoms with van der Waals surface area (Å²) in [6.07, 6.45) is 19.6. The molecule has 3 aliphatic rings. The average molecular weight is 491 g/mol. The van der Waals surface area contributed by atoms with Gasteiger partial charge in [-0.3, -0.25) is 0 Å². The maximum absolute atomic E-state index is 15.4. The van der Waals surface area contributed by atoms with Gasteiger partial charge in [-0.25, -0.2) is 0 Å². The summed E-state index contributed by atoms with van der Waals surface area (Å²) in [5.41, 5.74) is 1.14. The summed E-state index contributed by atoms with van der Waals surface area (Å²) >= 11 is 0. The third-order valence-corrected chi connectivity index (χ3v) is 16.2. The van der Waals surface area contributed by atoms with Crippen LogP contribution in [0, 0.1) is 5.92 Å². The summed E-state index contributed by atoms with van der Waals surface area (Å²) in [5, 5.41) is 4.31. The van der Waals surface area contributed by atoms with Crippen molar-refractivity contribution < 1.29 is 4.57 Å². The van der Waals surface area contributed by atoms with Crippen LogP contribution in [0.1, 0.15) is 71.1 Å². The molecule has 0 bridgehead atoms. The molecule has 2 aromatic carbocycles. The van der Waals surface area contributed by atoms with E-state index in [1.54, 1.807) is 0 Å². The average Bonchev–Trinajstić information content (AvgIpc) is 3.39. The van der Waals surface area contributed by atoms with E-state index in [2.05, 4.69) is 85.8 Å². The fourth-order valence-corrected chi connectivity index (χ4v) is 14.7. The minimum absolute atomic E-state index is 0.237. The predicted octanol–water partition coefficient (Wildman–Crippen LogP) is 8.61. The van der Waals surface area contributed by atoms with Crippen LogP contribution in [0.4, 0.5) is 0 Å². The summed E-state index contributed by atoms with van der Waals surface area (Å²) in [6.45, 7) is 2.38. The maximum atomic E-state index is 15.4. The largest absolute Gasteiger partial charge is 0.323 e. The van der Waals surface area contributed by atoms with E-state index in [9.17, 15) is 0 Å². The Hall–Kier alpha value is -1.42. The third-order valence-electron chi connectivity index (χ3n) is 8.66. The lowest BCUT2D eigenvalue weighted by atomic mass is 9.99. The van der Waals surface area contributed by atoms with E-state index >= 15 is 4.57 Å². The van der Waals surface area contributed by atoms with Gasteiger partial charge in [0.05, 0.1) is 7.14 Å². The summed E-state index contributed by atoms with van der Waals surface area (Å²) in [5.74, 6) is 0.293. The van der Waals surface area contributed by atoms with Crippen molar-refractivity contribution in [1.82, 2.24) is 0 Å². The van der Waals surface area contributed by atoms with E-state index in [0.29, 0.717) is 17.2 Å². The van der Waals surface area contributed by atoms with Gasteiger partial charge in [0.15, 0.2) is 0 Å². The molecule has 3 heteroatoms. The van der Waals surface area contributed by atoms with E-state index in [0.717, 1.165) is 0 Å². The van der Waals surface area contributed by atoms with Crippen molar-refractivity contribution in [2.24, 2.45) is 5.92 Å². The van der Waals surface area contributed by atoms with Gasteiger partial charge in [0.2, 0.25) is 0 Å². The van der Waals surface area contributed by atoms with Gasteiger partial charge in [-0.05, 0) is 49.5 Å². The smallest absolute Gasteiger partial charge is 0.0971 e. The lowest BCUT2D eigenvalue weighted by molar-refractivity contribution is 0.437. The molecular weight excluding hydrogens is 450 g/mol. The molecule has 0 unspecified atom stereocenters. The molecule has 2 atom stereocenters. The van der Waals surface area contributed by atoms with Gasteiger partial charge >= 0.3 is 0 Å². The summed E-state index contributed by atoms with van der Waals surface area (Å²) < 4.78 is 15.4. The molecule has 0 aromatic heterocycles. The summed E-state index contributed by atoms with van der Waals surface area (Å²) in [6, 6.07) is 22.1. The zero-order valence-electron chi connectivity index (χ0n) is 20.7. The standard InChI is InChI=1S/C31H40OP2/c1-25(34(32,28-19-10-4-11-20-28)29-21-12-5-13-22-29)30-23-14-24-31(30)33(26-15-6-2-7-16-26)27-17-8-3-9-18-27/h2-3,6-9,14-18,23-25,28-30H,4-5,10-13,19-22H2,1H3/t25-,30+/m1/s1. The lowest BCUT2D eigenvalue weighted by Crippen LogP contribution is -2.33. The first-order valence-corrected chi connectivity index (χ1v) is 16.8. The molecule has 34 heavy (non-hydrogen) atoms. The molecule has 0 N–H and O–H groups in total. The zero-order chi connectivity index (χ0) is 23.4. The van der Waals surface area contributed by atoms with Crippen LogP contribution in [0.25, 0.3) is 0 Å². The van der Waals surface area contributed by atoms with Gasteiger partial charge in [0, 0.05) is 22.9 Å². The molecular formula is C31H40OP2. The van der Waals surface area contributed by atoms with Gasteiger partial charge in [-0.15, -0.1) is 0 Å². The molecule has 0 spiro atoms. The Morgan fingerprint density at radius 3 is 1.68 bits per heavy atom. The highest BCUT2D eigenvalue weighted by atomic mass is 31.2. The van der Waals surface area contributed by atoms with Crippen molar-refractivity contribution in [3.05, 3.63) is 84.2 Å². The highest BCUT2D eigenvalue weighted by Gasteiger charge is 2.48. The van der Waals surface area contributed by atoms with Crippen molar-refractivity contribution in [2.45, 2.75) is 88.1 Å². The maximum Gasteiger partial charge on any atom is 0.0971 e. The number of hydrogen-bond acceptors (Lipinski definition) is 1. The van der Waals surface area contributed by atoms with Crippen molar-refractivity contribution in [1.29, 1.82) is 0 Å². The number of allylic oxidation sites excluding steroid dienone is 4. The lowest BCUT2D eigenvalue weighted by Gasteiger charge is -2.44. The van der Waals surface area contributed by atoms with Crippen molar-refractivity contribution in [2.75, 3.05) is 0 Å². The van der Waals surface area contributed by atoms with Crippen molar-refractivity contribution in [3.63, 3.8) is 0 Å². The summed E-state index contributed by atoms with van der Waals surface area (Å²) in [7, 11) is -2.98. The Labute approximate surface area is 208 Å². The Morgan fingerprint density at radius 1 is 0.735 bits per heavy atom. The second-order valence-electron chi connectivity index (χ2n) is 10.6. The quantitative estimate of drug-likeness (QED) is 0.355. The van der Waals surface area contributed by atoms with Crippen LogP contribution in [0.5, 0.6) is 0 Å². The third kappa shape index (κ3) is 4.81. The van der Waals surface area contributed by atoms with Crippen LogP contribution >= 0.6 is 15.1 Å². The Balaban J connectivity index is 1.52. The molecule has 3 aliphatic carbocycles. The normalized spacial score (nSPS) is 23.2. The second-order valence-corrected chi connectivity index (χ2v) is 16.6. The zero-order valence-corrected chi connectivity index (χ0v) is 22.5. The molecule has 2 saturated carbocycles. The SMILES string of the molecule is C[C@H]([C@@H]1C=CC=C1P(c1ccccc1)c1ccccc1)P(=O)(C1CCCCC1)C1CCCCC1. The van der Waals surface area contributed by atoms with Crippen molar-refractivity contribution >= 4 is 25.7 Å². The Bertz CT molecular complexity index is 968. The van der Waals surface area contributed by atoms with Crippen LogP contribution in [0.3, 0.4) is 0 Å². The van der Waals surface area contributed by atoms with E-state index in [-0.39, 0.29) is 5.66 Å². The second kappa shape index (κ2) is 11.1. The molecule has 0 radical (unpaired) electrons. The Kier molecular flexibility index (Phi) is 7.93. The Morgan fingerprint density at radius 2 is 1.21 bits per heavy atom. The first kappa shape index (κ1) is 24.3. The van der Waals surface area contributed by atoms with E-state index in [1.165, 1.54) is 80.1 Å². The molecule has 180 valence electrons. The van der Waals surface area contributed by atoms with Crippen LogP contribution in [-0.4, -0.2) is 17.0 Å². The fraction of sp³-hybridized carbons (Fsp3) is 0.484. The number of hydrogen-bond donors (Lipinski definition) is 0. The van der Waals surface area contributed by atoms with Crippen molar-refractivity contribution in [3.8, 4) is 0 Å². The highest BCUT2D eigenvalue weighted by Crippen LogP contribution is 2.69. The van der Waals surface area contributed by atoms with Crippen LogP contribution in [0.15, 0.2) is 84.2 Å². The van der Waals surface area contributed by atoms with E-state index in [4.69, 9.17) is 0 Å². The molecule has 0 saturated heterocycles. The molecule has 2 aromatic rings. The molecule has 0 heterocycles. The van der Waals surface area contributed by atoms with E-state index < -0.39 is 15.1 Å². The molecule has 1 nitrogen and oxygen atoms in total.